The Kier molecular flexibility index (Phi) is 5.82. The van der Waals surface area contributed by atoms with E-state index in [4.69, 9.17) is 0 Å². The number of aryl methyl sites for hydroxylation is 1. The molecule has 5 rings (SSSR count). The van der Waals surface area contributed by atoms with Gasteiger partial charge in [0, 0.05) is 36.7 Å². The molecule has 6 nitrogen and oxygen atoms in total. The number of rotatable bonds is 5. The van der Waals surface area contributed by atoms with Gasteiger partial charge in [-0.1, -0.05) is 35.9 Å². The lowest BCUT2D eigenvalue weighted by molar-refractivity contribution is -0.132. The lowest BCUT2D eigenvalue weighted by atomic mass is 9.86. The summed E-state index contributed by atoms with van der Waals surface area (Å²) < 4.78 is 1.64. The third-order valence-electron chi connectivity index (χ3n) is 6.54. The Morgan fingerprint density at radius 1 is 1.00 bits per heavy atom. The largest absolute Gasteiger partial charge is 0.332 e. The highest BCUT2D eigenvalue weighted by Gasteiger charge is 2.25. The van der Waals surface area contributed by atoms with Gasteiger partial charge in [0.1, 0.15) is 6.54 Å². The third kappa shape index (κ3) is 4.60. The molecule has 2 amide bonds. The maximum absolute atomic E-state index is 13.2. The van der Waals surface area contributed by atoms with Gasteiger partial charge < -0.3 is 10.2 Å². The van der Waals surface area contributed by atoms with Crippen LogP contribution in [0.15, 0.2) is 66.5 Å². The van der Waals surface area contributed by atoms with Gasteiger partial charge in [-0.05, 0) is 73.1 Å². The van der Waals surface area contributed by atoms with Gasteiger partial charge in [-0.15, -0.1) is 0 Å². The number of carbonyl (C=O) groups is 2. The van der Waals surface area contributed by atoms with Gasteiger partial charge in [0.2, 0.25) is 5.91 Å². The number of hydrogen-bond donors (Lipinski definition) is 1. The topological polar surface area (TPSA) is 67.2 Å². The quantitative estimate of drug-likeness (QED) is 0.625. The van der Waals surface area contributed by atoms with Crippen molar-refractivity contribution < 1.29 is 9.59 Å². The zero-order valence-corrected chi connectivity index (χ0v) is 18.9. The number of nitrogens with one attached hydrogen (secondary N) is 1. The first kappa shape index (κ1) is 21.2. The molecule has 0 spiro atoms. The molecule has 3 aromatic rings. The van der Waals surface area contributed by atoms with Crippen molar-refractivity contribution in [2.45, 2.75) is 52.2 Å². The molecule has 0 saturated heterocycles. The molecule has 0 unspecified atom stereocenters. The Morgan fingerprint density at radius 2 is 1.79 bits per heavy atom. The summed E-state index contributed by atoms with van der Waals surface area (Å²) >= 11 is 0. The molecule has 33 heavy (non-hydrogen) atoms. The molecule has 0 saturated carbocycles. The maximum Gasteiger partial charge on any atom is 0.251 e. The number of nitrogens with zero attached hydrogens (tertiary/aromatic N) is 3. The minimum atomic E-state index is -0.0187. The van der Waals surface area contributed by atoms with Gasteiger partial charge in [0.25, 0.3) is 5.91 Å². The third-order valence-corrected chi connectivity index (χ3v) is 6.54. The summed E-state index contributed by atoms with van der Waals surface area (Å²) in [6.07, 6.45) is 7.35. The highest BCUT2D eigenvalue weighted by molar-refractivity contribution is 6.09. The predicted molar refractivity (Wildman–Crippen MR) is 128 cm³/mol. The van der Waals surface area contributed by atoms with E-state index in [1.807, 2.05) is 29.2 Å². The SMILES string of the molecule is Cc1ccc(C2=C(C(=O)Nc3ccc4c(c3)CN(C(=O)Cn3cccn3)C4)CCCC2)cc1. The molecule has 1 N–H and O–H groups in total. The molecule has 2 aliphatic rings. The summed E-state index contributed by atoms with van der Waals surface area (Å²) in [4.78, 5) is 27.7. The van der Waals surface area contributed by atoms with Gasteiger partial charge in [0.05, 0.1) is 0 Å². The zero-order chi connectivity index (χ0) is 22.8. The molecule has 0 fully saturated rings. The Bertz CT molecular complexity index is 1210. The average molecular weight is 441 g/mol. The van der Waals surface area contributed by atoms with E-state index in [9.17, 15) is 9.59 Å². The molecule has 0 bridgehead atoms. The normalized spacial score (nSPS) is 15.5. The van der Waals surface area contributed by atoms with E-state index < -0.39 is 0 Å². The van der Waals surface area contributed by atoms with Crippen LogP contribution in [0.2, 0.25) is 0 Å². The van der Waals surface area contributed by atoms with E-state index in [2.05, 4.69) is 41.6 Å². The number of aromatic nitrogens is 2. The van der Waals surface area contributed by atoms with Crippen molar-refractivity contribution in [3.8, 4) is 0 Å². The summed E-state index contributed by atoms with van der Waals surface area (Å²) in [5.41, 5.74) is 7.40. The summed E-state index contributed by atoms with van der Waals surface area (Å²) in [6, 6.07) is 16.2. The number of anilines is 1. The second kappa shape index (κ2) is 9.06. The first-order chi connectivity index (χ1) is 16.1. The molecule has 2 aromatic carbocycles. The monoisotopic (exact) mass is 440 g/mol. The second-order valence-corrected chi connectivity index (χ2v) is 8.92. The van der Waals surface area contributed by atoms with Crippen LogP contribution < -0.4 is 5.32 Å². The van der Waals surface area contributed by atoms with Crippen LogP contribution in [0.1, 0.15) is 47.9 Å². The van der Waals surface area contributed by atoms with Crippen LogP contribution in [0, 0.1) is 6.92 Å². The Labute approximate surface area is 193 Å². The zero-order valence-electron chi connectivity index (χ0n) is 18.9. The number of hydrogen-bond acceptors (Lipinski definition) is 3. The minimum absolute atomic E-state index is 0.0187. The van der Waals surface area contributed by atoms with E-state index in [1.165, 1.54) is 5.56 Å². The van der Waals surface area contributed by atoms with Crippen molar-refractivity contribution in [3.05, 3.63) is 88.8 Å². The first-order valence-electron chi connectivity index (χ1n) is 11.5. The lowest BCUT2D eigenvalue weighted by Gasteiger charge is -2.20. The van der Waals surface area contributed by atoms with Gasteiger partial charge in [0.15, 0.2) is 0 Å². The summed E-state index contributed by atoms with van der Waals surface area (Å²) in [5, 5.41) is 7.24. The fraction of sp³-hybridized carbons (Fsp3) is 0.296. The number of fused-ring (bicyclic) bond motifs is 1. The number of benzene rings is 2. The van der Waals surface area contributed by atoms with Crippen molar-refractivity contribution >= 4 is 23.1 Å². The van der Waals surface area contributed by atoms with E-state index in [0.717, 1.165) is 59.2 Å². The van der Waals surface area contributed by atoms with Crippen molar-refractivity contribution in [1.82, 2.24) is 14.7 Å². The average Bonchev–Trinajstić information content (AvgIpc) is 3.49. The first-order valence-corrected chi connectivity index (χ1v) is 11.5. The Morgan fingerprint density at radius 3 is 2.58 bits per heavy atom. The highest BCUT2D eigenvalue weighted by atomic mass is 16.2. The van der Waals surface area contributed by atoms with Crippen molar-refractivity contribution in [2.24, 2.45) is 0 Å². The van der Waals surface area contributed by atoms with Crippen molar-refractivity contribution in [2.75, 3.05) is 5.32 Å². The standard InChI is InChI=1S/C27H28N4O2/c1-19-7-9-20(10-8-19)24-5-2-3-6-25(24)27(33)29-23-12-11-21-16-30(17-22(21)15-23)26(32)18-31-14-4-13-28-31/h4,7-15H,2-3,5-6,16-18H2,1H3,(H,29,33). The Balaban J connectivity index is 1.30. The molecule has 168 valence electrons. The summed E-state index contributed by atoms with van der Waals surface area (Å²) in [6.45, 7) is 3.45. The summed E-state index contributed by atoms with van der Waals surface area (Å²) in [7, 11) is 0. The number of allylic oxidation sites excluding steroid dienone is 1. The molecule has 1 aromatic heterocycles. The van der Waals surface area contributed by atoms with Crippen LogP contribution in [-0.2, 0) is 29.2 Å². The van der Waals surface area contributed by atoms with E-state index >= 15 is 0 Å². The number of amides is 2. The smallest absolute Gasteiger partial charge is 0.251 e. The van der Waals surface area contributed by atoms with Crippen LogP contribution in [0.25, 0.3) is 5.57 Å². The maximum atomic E-state index is 13.2. The molecule has 0 atom stereocenters. The lowest BCUT2D eigenvalue weighted by Crippen LogP contribution is -2.29. The van der Waals surface area contributed by atoms with Crippen LogP contribution in [0.4, 0.5) is 5.69 Å². The van der Waals surface area contributed by atoms with E-state index in [1.54, 1.807) is 17.1 Å². The van der Waals surface area contributed by atoms with Crippen molar-refractivity contribution in [3.63, 3.8) is 0 Å². The predicted octanol–water partition coefficient (Wildman–Crippen LogP) is 4.70. The molecule has 2 heterocycles. The van der Waals surface area contributed by atoms with Crippen LogP contribution in [0.3, 0.4) is 0 Å². The molecule has 6 heteroatoms. The molecule has 0 radical (unpaired) electrons. The second-order valence-electron chi connectivity index (χ2n) is 8.92. The van der Waals surface area contributed by atoms with Gasteiger partial charge >= 0.3 is 0 Å². The summed E-state index contributed by atoms with van der Waals surface area (Å²) in [5.74, 6) is 0.0189. The molecule has 1 aliphatic heterocycles. The van der Waals surface area contributed by atoms with Crippen LogP contribution in [-0.4, -0.2) is 26.5 Å². The fourth-order valence-corrected chi connectivity index (χ4v) is 4.72. The molecule has 1 aliphatic carbocycles. The molecular weight excluding hydrogens is 412 g/mol. The van der Waals surface area contributed by atoms with Gasteiger partial charge in [-0.2, -0.15) is 5.10 Å². The van der Waals surface area contributed by atoms with Gasteiger partial charge in [-0.25, -0.2) is 0 Å². The van der Waals surface area contributed by atoms with E-state index in [0.29, 0.717) is 13.1 Å². The van der Waals surface area contributed by atoms with Crippen molar-refractivity contribution in [1.29, 1.82) is 0 Å². The van der Waals surface area contributed by atoms with Crippen LogP contribution in [0.5, 0.6) is 0 Å². The highest BCUT2D eigenvalue weighted by Crippen LogP contribution is 2.33. The van der Waals surface area contributed by atoms with E-state index in [-0.39, 0.29) is 18.4 Å². The minimum Gasteiger partial charge on any atom is -0.332 e. The molecular formula is C27H28N4O2. The number of carbonyl (C=O) groups excluding carboxylic acids is 2. The van der Waals surface area contributed by atoms with Gasteiger partial charge in [-0.3, -0.25) is 14.3 Å². The Hall–Kier alpha value is -3.67. The van der Waals surface area contributed by atoms with Crippen LogP contribution >= 0.6 is 0 Å². The fourth-order valence-electron chi connectivity index (χ4n) is 4.72.